The number of aryl methyl sites for hydroxylation is 1. The van der Waals surface area contributed by atoms with Gasteiger partial charge < -0.3 is 0 Å². The second-order valence-corrected chi connectivity index (χ2v) is 3.72. The highest BCUT2D eigenvalue weighted by Crippen LogP contribution is 2.12. The van der Waals surface area contributed by atoms with E-state index in [4.69, 9.17) is 12.2 Å². The Kier molecular flexibility index (Phi) is 2.25. The molecular weight excluding hydrogens is 192 g/mol. The molecule has 1 N–H and O–H groups in total. The summed E-state index contributed by atoms with van der Waals surface area (Å²) in [6.07, 6.45) is 0. The highest BCUT2D eigenvalue weighted by atomic mass is 32.1. The van der Waals surface area contributed by atoms with Gasteiger partial charge in [0, 0.05) is 11.3 Å². The normalized spacial score (nSPS) is 10.4. The van der Waals surface area contributed by atoms with Crippen LogP contribution in [0, 0.1) is 18.5 Å². The van der Waals surface area contributed by atoms with Gasteiger partial charge >= 0.3 is 0 Å². The Morgan fingerprint density at radius 1 is 1.14 bits per heavy atom. The Hall–Kier alpha value is -1.35. The fourth-order valence-corrected chi connectivity index (χ4v) is 1.69. The molecule has 1 aromatic carbocycles. The van der Waals surface area contributed by atoms with Crippen LogP contribution in [0.2, 0.25) is 0 Å². The number of aromatic amines is 1. The van der Waals surface area contributed by atoms with Crippen molar-refractivity contribution in [3.63, 3.8) is 0 Å². The number of nitrogens with one attached hydrogen (secondary N) is 1. The molecule has 72 valence electrons. The Morgan fingerprint density at radius 2 is 1.79 bits per heavy atom. The van der Waals surface area contributed by atoms with Crippen molar-refractivity contribution in [2.75, 3.05) is 0 Å². The van der Waals surface area contributed by atoms with Gasteiger partial charge in [0.05, 0.1) is 5.69 Å². The summed E-state index contributed by atoms with van der Waals surface area (Å²) >= 11 is 5.33. The van der Waals surface area contributed by atoms with E-state index in [0.717, 1.165) is 21.6 Å². The van der Waals surface area contributed by atoms with Crippen LogP contribution >= 0.6 is 12.2 Å². The number of H-pyrrole nitrogens is 1. The molecule has 2 rings (SSSR count). The largest absolute Gasteiger partial charge is 0.297 e. The lowest BCUT2D eigenvalue weighted by atomic mass is 10.3. The molecule has 0 amide bonds. The first kappa shape index (κ1) is 9.21. The summed E-state index contributed by atoms with van der Waals surface area (Å²) in [5.74, 6) is 0. The molecular formula is C11H12N2S. The molecule has 0 bridgehead atoms. The Balaban J connectivity index is 2.64. The first-order valence-electron chi connectivity index (χ1n) is 4.54. The van der Waals surface area contributed by atoms with Gasteiger partial charge in [0.1, 0.15) is 4.64 Å². The first-order valence-corrected chi connectivity index (χ1v) is 4.94. The maximum atomic E-state index is 5.33. The third-order valence-electron chi connectivity index (χ3n) is 2.38. The number of hydrogen-bond acceptors (Lipinski definition) is 1. The SMILES string of the molecule is Cc1[nH]n(-c2ccccc2)c(=S)c1C. The number of aromatic nitrogens is 2. The summed E-state index contributed by atoms with van der Waals surface area (Å²) in [6, 6.07) is 10.1. The molecule has 1 heterocycles. The van der Waals surface area contributed by atoms with Gasteiger partial charge in [0.2, 0.25) is 0 Å². The topological polar surface area (TPSA) is 20.7 Å². The highest BCUT2D eigenvalue weighted by molar-refractivity contribution is 7.71. The van der Waals surface area contributed by atoms with E-state index in [1.54, 1.807) is 0 Å². The van der Waals surface area contributed by atoms with Crippen LogP contribution < -0.4 is 0 Å². The van der Waals surface area contributed by atoms with Gasteiger partial charge in [-0.2, -0.15) is 0 Å². The summed E-state index contributed by atoms with van der Waals surface area (Å²) in [5.41, 5.74) is 3.34. The number of rotatable bonds is 1. The lowest BCUT2D eigenvalue weighted by molar-refractivity contribution is 0.852. The average Bonchev–Trinajstić information content (AvgIpc) is 2.47. The quantitative estimate of drug-likeness (QED) is 0.708. The second kappa shape index (κ2) is 3.42. The fourth-order valence-electron chi connectivity index (χ4n) is 1.39. The molecule has 14 heavy (non-hydrogen) atoms. The highest BCUT2D eigenvalue weighted by Gasteiger charge is 2.03. The van der Waals surface area contributed by atoms with E-state index in [1.165, 1.54) is 0 Å². The smallest absolute Gasteiger partial charge is 0.130 e. The summed E-state index contributed by atoms with van der Waals surface area (Å²) in [7, 11) is 0. The van der Waals surface area contributed by atoms with E-state index in [0.29, 0.717) is 0 Å². The molecule has 3 heteroatoms. The van der Waals surface area contributed by atoms with Crippen LogP contribution in [0.25, 0.3) is 5.69 Å². The number of benzene rings is 1. The van der Waals surface area contributed by atoms with Gasteiger partial charge in [-0.15, -0.1) is 0 Å². The maximum Gasteiger partial charge on any atom is 0.130 e. The lowest BCUT2D eigenvalue weighted by Gasteiger charge is -2.01. The van der Waals surface area contributed by atoms with E-state index < -0.39 is 0 Å². The minimum absolute atomic E-state index is 0.855. The summed E-state index contributed by atoms with van der Waals surface area (Å²) in [4.78, 5) is 0. The van der Waals surface area contributed by atoms with Crippen molar-refractivity contribution < 1.29 is 0 Å². The minimum atomic E-state index is 0.855. The molecule has 0 fully saturated rings. The number of hydrogen-bond donors (Lipinski definition) is 1. The molecule has 0 saturated carbocycles. The van der Waals surface area contributed by atoms with Gasteiger partial charge in [-0.05, 0) is 26.0 Å². The zero-order valence-corrected chi connectivity index (χ0v) is 9.06. The predicted molar refractivity (Wildman–Crippen MR) is 60.4 cm³/mol. The minimum Gasteiger partial charge on any atom is -0.297 e. The molecule has 0 radical (unpaired) electrons. The summed E-state index contributed by atoms with van der Waals surface area (Å²) in [5, 5.41) is 3.24. The molecule has 0 aliphatic heterocycles. The maximum absolute atomic E-state index is 5.33. The van der Waals surface area contributed by atoms with Crippen LogP contribution in [-0.2, 0) is 0 Å². The van der Waals surface area contributed by atoms with Gasteiger partial charge in [0.15, 0.2) is 0 Å². The lowest BCUT2D eigenvalue weighted by Crippen LogP contribution is -1.95. The Labute approximate surface area is 88.2 Å². The van der Waals surface area contributed by atoms with Crippen molar-refractivity contribution in [2.24, 2.45) is 0 Å². The van der Waals surface area contributed by atoms with E-state index in [2.05, 4.69) is 5.10 Å². The molecule has 2 nitrogen and oxygen atoms in total. The van der Waals surface area contributed by atoms with Crippen molar-refractivity contribution in [3.8, 4) is 5.69 Å². The van der Waals surface area contributed by atoms with Crippen LogP contribution in [0.5, 0.6) is 0 Å². The molecule has 0 aliphatic carbocycles. The van der Waals surface area contributed by atoms with Crippen molar-refractivity contribution in [1.29, 1.82) is 0 Å². The predicted octanol–water partition coefficient (Wildman–Crippen LogP) is 3.15. The molecule has 0 atom stereocenters. The second-order valence-electron chi connectivity index (χ2n) is 3.34. The van der Waals surface area contributed by atoms with Gasteiger partial charge in [-0.3, -0.25) is 5.10 Å². The van der Waals surface area contributed by atoms with E-state index in [9.17, 15) is 0 Å². The van der Waals surface area contributed by atoms with Crippen LogP contribution in [0.4, 0.5) is 0 Å². The standard InChI is InChI=1S/C11H12N2S/c1-8-9(2)12-13(11(8)14)10-6-4-3-5-7-10/h3-7,12H,1-2H3. The van der Waals surface area contributed by atoms with Gasteiger partial charge in [-0.25, -0.2) is 4.68 Å². The van der Waals surface area contributed by atoms with Crippen molar-refractivity contribution in [2.45, 2.75) is 13.8 Å². The van der Waals surface area contributed by atoms with Gasteiger partial charge in [-0.1, -0.05) is 30.4 Å². The van der Waals surface area contributed by atoms with E-state index >= 15 is 0 Å². The first-order chi connectivity index (χ1) is 6.70. The fraction of sp³-hybridized carbons (Fsp3) is 0.182. The monoisotopic (exact) mass is 204 g/mol. The molecule has 0 unspecified atom stereocenters. The average molecular weight is 204 g/mol. The molecule has 1 aromatic heterocycles. The van der Waals surface area contributed by atoms with Crippen LogP contribution in [0.1, 0.15) is 11.3 Å². The van der Waals surface area contributed by atoms with Crippen LogP contribution in [-0.4, -0.2) is 9.78 Å². The van der Waals surface area contributed by atoms with E-state index in [1.807, 2.05) is 48.9 Å². The summed E-state index contributed by atoms with van der Waals surface area (Å²) in [6.45, 7) is 4.07. The number of nitrogens with zero attached hydrogens (tertiary/aromatic N) is 1. The van der Waals surface area contributed by atoms with E-state index in [-0.39, 0.29) is 0 Å². The molecule has 0 spiro atoms. The molecule has 2 aromatic rings. The van der Waals surface area contributed by atoms with Crippen molar-refractivity contribution >= 4 is 12.2 Å². The molecule has 0 aliphatic rings. The zero-order chi connectivity index (χ0) is 10.1. The van der Waals surface area contributed by atoms with Crippen molar-refractivity contribution in [1.82, 2.24) is 9.78 Å². The number of para-hydroxylation sites is 1. The van der Waals surface area contributed by atoms with Gasteiger partial charge in [0.25, 0.3) is 0 Å². The van der Waals surface area contributed by atoms with Crippen LogP contribution in [0.15, 0.2) is 30.3 Å². The third-order valence-corrected chi connectivity index (χ3v) is 2.87. The summed E-state index contributed by atoms with van der Waals surface area (Å²) < 4.78 is 2.79. The Morgan fingerprint density at radius 3 is 2.29 bits per heavy atom. The Bertz CT molecular complexity index is 494. The zero-order valence-electron chi connectivity index (χ0n) is 8.24. The molecule has 0 saturated heterocycles. The van der Waals surface area contributed by atoms with Crippen LogP contribution in [0.3, 0.4) is 0 Å². The third kappa shape index (κ3) is 1.40. The van der Waals surface area contributed by atoms with Crippen molar-refractivity contribution in [3.05, 3.63) is 46.2 Å².